The molecule has 1 atom stereocenters. The Kier molecular flexibility index (Phi) is 7.44. The van der Waals surface area contributed by atoms with Crippen LogP contribution in [0.2, 0.25) is 0 Å². The average Bonchev–Trinajstić information content (AvgIpc) is 3.24. The highest BCUT2D eigenvalue weighted by Crippen LogP contribution is 2.30. The molecule has 3 aliphatic rings. The maximum absolute atomic E-state index is 13.0. The Morgan fingerprint density at radius 1 is 1.18 bits per heavy atom. The minimum atomic E-state index is -3.57. The van der Waals surface area contributed by atoms with Gasteiger partial charge in [0.15, 0.2) is 0 Å². The van der Waals surface area contributed by atoms with E-state index in [0.717, 1.165) is 37.2 Å². The van der Waals surface area contributed by atoms with E-state index in [1.54, 1.807) is 30.3 Å². The molecular formula is C23H26N4O5S2. The van der Waals surface area contributed by atoms with E-state index in [0.29, 0.717) is 28.2 Å². The molecule has 0 radical (unpaired) electrons. The van der Waals surface area contributed by atoms with Gasteiger partial charge in [0.2, 0.25) is 10.0 Å². The molecule has 180 valence electrons. The molecule has 3 fully saturated rings. The van der Waals surface area contributed by atoms with Gasteiger partial charge in [-0.3, -0.25) is 14.3 Å². The van der Waals surface area contributed by atoms with E-state index in [2.05, 4.69) is 19.3 Å². The van der Waals surface area contributed by atoms with Crippen molar-refractivity contribution in [2.45, 2.75) is 24.6 Å². The summed E-state index contributed by atoms with van der Waals surface area (Å²) in [7, 11) is -3.57. The molecule has 3 aromatic rings. The van der Waals surface area contributed by atoms with Crippen molar-refractivity contribution in [2.75, 3.05) is 24.4 Å². The highest BCUT2D eigenvalue weighted by molar-refractivity contribution is 7.91. The first-order chi connectivity index (χ1) is 16.4. The number of nitrogens with zero attached hydrogens (tertiary/aromatic N) is 2. The summed E-state index contributed by atoms with van der Waals surface area (Å²) in [5.74, 6) is 0.231. The standard InChI is InChI=1S/C22H24N4O3S2.CH2O2/c27-22(23-19-13-26-10-8-16(19)9-11-26)21-18-12-17(6-7-20(18)30-24-21)25-31(28,29)14-15-4-2-1-3-5-15;2-1-3/h1-7,12,16,19,25H,8-11,13-14H2,(H,23,27);1H,(H,2,3)/t19-;/m1./s1. The molecule has 34 heavy (non-hydrogen) atoms. The SMILES string of the molecule is O=C(N[C@@H]1CN2CCC1CC2)c1nsc2ccc(NS(=O)(=O)Cc3ccccc3)cc12.O=CO. The van der Waals surface area contributed by atoms with Crippen molar-refractivity contribution in [3.63, 3.8) is 0 Å². The third-order valence-electron chi connectivity index (χ3n) is 6.13. The van der Waals surface area contributed by atoms with Gasteiger partial charge in [0.05, 0.1) is 10.5 Å². The van der Waals surface area contributed by atoms with Crippen LogP contribution in [0, 0.1) is 5.92 Å². The third kappa shape index (κ3) is 5.72. The van der Waals surface area contributed by atoms with Crippen LogP contribution in [0.15, 0.2) is 48.5 Å². The van der Waals surface area contributed by atoms with Crippen LogP contribution in [0.3, 0.4) is 0 Å². The second-order valence-corrected chi connectivity index (χ2v) is 10.9. The summed E-state index contributed by atoms with van der Waals surface area (Å²) in [5.41, 5.74) is 1.51. The Balaban J connectivity index is 0.000000868. The Hall–Kier alpha value is -3.02. The van der Waals surface area contributed by atoms with Gasteiger partial charge in [-0.05, 0) is 67.1 Å². The number of hydrogen-bond donors (Lipinski definition) is 3. The number of piperidine rings is 3. The highest BCUT2D eigenvalue weighted by atomic mass is 32.2. The monoisotopic (exact) mass is 502 g/mol. The predicted molar refractivity (Wildman–Crippen MR) is 131 cm³/mol. The van der Waals surface area contributed by atoms with Gasteiger partial charge in [-0.2, -0.15) is 4.37 Å². The topological polar surface area (TPSA) is 129 Å². The first kappa shape index (κ1) is 24.1. The van der Waals surface area contributed by atoms with Gasteiger partial charge < -0.3 is 15.3 Å². The highest BCUT2D eigenvalue weighted by Gasteiger charge is 2.35. The first-order valence-electron chi connectivity index (χ1n) is 10.9. The second-order valence-electron chi connectivity index (χ2n) is 8.41. The molecule has 3 saturated heterocycles. The quantitative estimate of drug-likeness (QED) is 0.442. The van der Waals surface area contributed by atoms with E-state index >= 15 is 0 Å². The average molecular weight is 503 g/mol. The number of sulfonamides is 1. The Labute approximate surface area is 202 Å². The number of hydrogen-bond acceptors (Lipinski definition) is 7. The normalized spacial score (nSPS) is 21.4. The van der Waals surface area contributed by atoms with Crippen LogP contribution in [-0.4, -0.2) is 60.9 Å². The van der Waals surface area contributed by atoms with Crippen LogP contribution in [0.5, 0.6) is 0 Å². The lowest BCUT2D eigenvalue weighted by Gasteiger charge is -2.44. The van der Waals surface area contributed by atoms with Crippen LogP contribution in [-0.2, 0) is 20.6 Å². The molecule has 3 aliphatic heterocycles. The molecule has 0 spiro atoms. The lowest BCUT2D eigenvalue weighted by molar-refractivity contribution is -0.122. The van der Waals surface area contributed by atoms with Crippen molar-refractivity contribution in [2.24, 2.45) is 5.92 Å². The van der Waals surface area contributed by atoms with Crippen LogP contribution < -0.4 is 10.0 Å². The van der Waals surface area contributed by atoms with Crippen molar-refractivity contribution in [1.82, 2.24) is 14.6 Å². The first-order valence-corrected chi connectivity index (χ1v) is 13.4. The van der Waals surface area contributed by atoms with Crippen LogP contribution in [0.1, 0.15) is 28.9 Å². The van der Waals surface area contributed by atoms with Crippen LogP contribution in [0.4, 0.5) is 5.69 Å². The summed E-state index contributed by atoms with van der Waals surface area (Å²) < 4.78 is 33.0. The van der Waals surface area contributed by atoms with Gasteiger partial charge in [-0.1, -0.05) is 30.3 Å². The largest absolute Gasteiger partial charge is 0.483 e. The number of carboxylic acid groups (broad SMARTS) is 1. The number of amides is 1. The number of fused-ring (bicyclic) bond motifs is 4. The van der Waals surface area contributed by atoms with Crippen molar-refractivity contribution in [3.05, 3.63) is 59.8 Å². The molecule has 0 saturated carbocycles. The summed E-state index contributed by atoms with van der Waals surface area (Å²) in [6.45, 7) is 2.87. The molecule has 9 nitrogen and oxygen atoms in total. The summed E-state index contributed by atoms with van der Waals surface area (Å²) >= 11 is 1.25. The summed E-state index contributed by atoms with van der Waals surface area (Å²) in [6, 6.07) is 14.4. The maximum atomic E-state index is 13.0. The summed E-state index contributed by atoms with van der Waals surface area (Å²) in [5, 5.41) is 10.7. The zero-order valence-electron chi connectivity index (χ0n) is 18.4. The van der Waals surface area contributed by atoms with Gasteiger partial charge >= 0.3 is 0 Å². The molecule has 0 aliphatic carbocycles. The number of anilines is 1. The van der Waals surface area contributed by atoms with E-state index in [9.17, 15) is 13.2 Å². The van der Waals surface area contributed by atoms with E-state index in [-0.39, 0.29) is 24.2 Å². The number of aromatic nitrogens is 1. The van der Waals surface area contributed by atoms with E-state index < -0.39 is 10.0 Å². The molecular weight excluding hydrogens is 476 g/mol. The third-order valence-corrected chi connectivity index (χ3v) is 8.22. The van der Waals surface area contributed by atoms with Gasteiger partial charge in [-0.25, -0.2) is 8.42 Å². The molecule has 0 unspecified atom stereocenters. The number of nitrogens with one attached hydrogen (secondary N) is 2. The van der Waals surface area contributed by atoms with Crippen LogP contribution >= 0.6 is 11.5 Å². The molecule has 1 aromatic heterocycles. The number of benzene rings is 2. The van der Waals surface area contributed by atoms with Crippen LogP contribution in [0.25, 0.3) is 10.1 Å². The lowest BCUT2D eigenvalue weighted by atomic mass is 9.84. The smallest absolute Gasteiger partial charge is 0.290 e. The van der Waals surface area contributed by atoms with Gasteiger partial charge in [0.25, 0.3) is 12.4 Å². The summed E-state index contributed by atoms with van der Waals surface area (Å²) in [4.78, 5) is 23.7. The maximum Gasteiger partial charge on any atom is 0.290 e. The fourth-order valence-electron chi connectivity index (χ4n) is 4.54. The van der Waals surface area contributed by atoms with Gasteiger partial charge in [0.1, 0.15) is 5.69 Å². The molecule has 11 heteroatoms. The van der Waals surface area contributed by atoms with Crippen molar-refractivity contribution in [3.8, 4) is 0 Å². The molecule has 2 aromatic carbocycles. The second kappa shape index (κ2) is 10.5. The molecule has 2 bridgehead atoms. The Morgan fingerprint density at radius 2 is 1.88 bits per heavy atom. The van der Waals surface area contributed by atoms with E-state index in [4.69, 9.17) is 9.90 Å². The lowest BCUT2D eigenvalue weighted by Crippen LogP contribution is -2.57. The zero-order valence-corrected chi connectivity index (χ0v) is 20.0. The minimum Gasteiger partial charge on any atom is -0.483 e. The molecule has 4 heterocycles. The number of carbonyl (C=O) groups excluding carboxylic acids is 1. The number of rotatable bonds is 6. The predicted octanol–water partition coefficient (Wildman–Crippen LogP) is 2.76. The van der Waals surface area contributed by atoms with Crippen molar-refractivity contribution in [1.29, 1.82) is 0 Å². The molecule has 6 rings (SSSR count). The Bertz CT molecular complexity index is 1250. The van der Waals surface area contributed by atoms with E-state index in [1.807, 2.05) is 18.2 Å². The van der Waals surface area contributed by atoms with Gasteiger partial charge in [0, 0.05) is 23.7 Å². The van der Waals surface area contributed by atoms with E-state index in [1.165, 1.54) is 11.5 Å². The zero-order chi connectivity index (χ0) is 24.1. The van der Waals surface area contributed by atoms with Crippen molar-refractivity contribution >= 4 is 49.7 Å². The molecule has 1 amide bonds. The minimum absolute atomic E-state index is 0.110. The number of carbonyl (C=O) groups is 2. The van der Waals surface area contributed by atoms with Crippen molar-refractivity contribution < 1.29 is 23.1 Å². The fraction of sp³-hybridized carbons (Fsp3) is 0.348. The summed E-state index contributed by atoms with van der Waals surface area (Å²) in [6.07, 6.45) is 2.24. The molecule has 3 N–H and O–H groups in total. The Morgan fingerprint density at radius 3 is 2.53 bits per heavy atom. The van der Waals surface area contributed by atoms with Gasteiger partial charge in [-0.15, -0.1) is 0 Å². The fourth-order valence-corrected chi connectivity index (χ4v) is 6.48.